The molecular weight excluding hydrogens is 427 g/mol. The van der Waals surface area contributed by atoms with Crippen LogP contribution in [0.15, 0.2) is 18.2 Å². The number of hydrogen-bond acceptors (Lipinski definition) is 5. The summed E-state index contributed by atoms with van der Waals surface area (Å²) in [7, 11) is 0. The van der Waals surface area contributed by atoms with Gasteiger partial charge in [-0.2, -0.15) is 5.10 Å². The van der Waals surface area contributed by atoms with Crippen LogP contribution in [0.4, 0.5) is 4.79 Å². The van der Waals surface area contributed by atoms with E-state index >= 15 is 0 Å². The van der Waals surface area contributed by atoms with Crippen molar-refractivity contribution < 1.29 is 14.6 Å². The molecule has 2 aromatic rings. The van der Waals surface area contributed by atoms with Gasteiger partial charge in [0, 0.05) is 12.8 Å². The molecule has 1 N–H and O–H groups in total. The number of hydrogen-bond donors (Lipinski definition) is 1. The molecule has 2 atom stereocenters. The van der Waals surface area contributed by atoms with E-state index in [2.05, 4.69) is 0 Å². The number of amides is 1. The molecule has 1 aromatic carbocycles. The highest BCUT2D eigenvalue weighted by atomic mass is 35.5. The van der Waals surface area contributed by atoms with E-state index in [1.165, 1.54) is 17.7 Å². The maximum atomic E-state index is 12.8. The van der Waals surface area contributed by atoms with Crippen LogP contribution in [0.2, 0.25) is 10.0 Å². The van der Waals surface area contributed by atoms with Gasteiger partial charge in [-0.05, 0) is 57.7 Å². The lowest BCUT2D eigenvalue weighted by Crippen LogP contribution is -2.37. The van der Waals surface area contributed by atoms with Crippen molar-refractivity contribution in [1.82, 2.24) is 19.7 Å². The van der Waals surface area contributed by atoms with Crippen LogP contribution in [-0.4, -0.2) is 49.1 Å². The van der Waals surface area contributed by atoms with Crippen LogP contribution in [0.1, 0.15) is 57.7 Å². The average molecular weight is 453 g/mol. The van der Waals surface area contributed by atoms with Gasteiger partial charge in [0.2, 0.25) is 0 Å². The normalized spacial score (nSPS) is 21.9. The molecule has 1 saturated carbocycles. The number of benzene rings is 1. The summed E-state index contributed by atoms with van der Waals surface area (Å²) >= 11 is 12.3. The Bertz CT molecular complexity index is 952. The Morgan fingerprint density at radius 3 is 2.63 bits per heavy atom. The highest BCUT2D eigenvalue weighted by Crippen LogP contribution is 2.36. The number of halogens is 2. The fraction of sp³-hybridized carbons (Fsp3) is 0.571. The number of aliphatic hydroxyl groups is 1. The first-order valence-corrected chi connectivity index (χ1v) is 11.0. The lowest BCUT2D eigenvalue weighted by molar-refractivity contribution is 0.0199. The molecule has 2 aliphatic rings. The fourth-order valence-electron chi connectivity index (χ4n) is 3.64. The van der Waals surface area contributed by atoms with Crippen molar-refractivity contribution in [2.24, 2.45) is 5.92 Å². The smallest absolute Gasteiger partial charge is 0.411 e. The van der Waals surface area contributed by atoms with Gasteiger partial charge >= 0.3 is 6.09 Å². The largest absolute Gasteiger partial charge is 0.444 e. The molecule has 0 bridgehead atoms. The summed E-state index contributed by atoms with van der Waals surface area (Å²) in [4.78, 5) is 19.1. The Balaban J connectivity index is 1.72. The highest BCUT2D eigenvalue weighted by Gasteiger charge is 2.41. The Hall–Kier alpha value is -1.83. The summed E-state index contributed by atoms with van der Waals surface area (Å²) in [6.45, 7) is 5.64. The molecule has 1 aromatic heterocycles. The van der Waals surface area contributed by atoms with E-state index < -0.39 is 23.8 Å². The van der Waals surface area contributed by atoms with Gasteiger partial charge in [0.15, 0.2) is 11.6 Å². The Morgan fingerprint density at radius 2 is 2.00 bits per heavy atom. The summed E-state index contributed by atoms with van der Waals surface area (Å²) in [6.07, 6.45) is 2.39. The summed E-state index contributed by atoms with van der Waals surface area (Å²) < 4.78 is 7.27. The van der Waals surface area contributed by atoms with Gasteiger partial charge < -0.3 is 9.84 Å². The number of rotatable bonds is 4. The molecule has 2 fully saturated rings. The molecule has 4 rings (SSSR count). The molecule has 0 radical (unpaired) electrons. The maximum Gasteiger partial charge on any atom is 0.411 e. The van der Waals surface area contributed by atoms with Gasteiger partial charge in [0.1, 0.15) is 5.60 Å². The van der Waals surface area contributed by atoms with Crippen molar-refractivity contribution in [3.05, 3.63) is 39.9 Å². The van der Waals surface area contributed by atoms with Crippen molar-refractivity contribution in [3.8, 4) is 5.69 Å². The second kappa shape index (κ2) is 8.02. The van der Waals surface area contributed by atoms with Crippen LogP contribution in [0.3, 0.4) is 0 Å². The molecule has 162 valence electrons. The van der Waals surface area contributed by atoms with E-state index in [1.807, 2.05) is 26.8 Å². The van der Waals surface area contributed by atoms with Crippen molar-refractivity contribution in [2.45, 2.75) is 64.2 Å². The van der Waals surface area contributed by atoms with E-state index in [0.29, 0.717) is 33.9 Å². The minimum atomic E-state index is -0.659. The number of likely N-dealkylation sites (tertiary alicyclic amines) is 1. The van der Waals surface area contributed by atoms with Crippen LogP contribution < -0.4 is 0 Å². The number of carbonyl (C=O) groups excluding carboxylic acids is 1. The standard InChI is InChI=1S/C21H26Cl2N4O3/c1-21(2,3)30-20(29)26-11-14(28)10-17(26)19-24-18(8-12-4-5-12)25-27(19)13-6-7-15(22)16(23)9-13/h6-7,9,12,14,17,28H,4-5,8,10-11H2,1-3H3/t14-,17-/m0/s1. The van der Waals surface area contributed by atoms with Crippen molar-refractivity contribution in [1.29, 1.82) is 0 Å². The third kappa shape index (κ3) is 4.74. The van der Waals surface area contributed by atoms with Crippen LogP contribution in [-0.2, 0) is 11.2 Å². The topological polar surface area (TPSA) is 80.5 Å². The Labute approximate surface area is 185 Å². The maximum absolute atomic E-state index is 12.8. The molecule has 0 spiro atoms. The molecule has 9 heteroatoms. The number of β-amino-alcohol motifs (C(OH)–C–C–N with tert-alkyl or cyclic N) is 1. The minimum absolute atomic E-state index is 0.186. The lowest BCUT2D eigenvalue weighted by atomic mass is 10.1. The minimum Gasteiger partial charge on any atom is -0.444 e. The van der Waals surface area contributed by atoms with Gasteiger partial charge in [-0.15, -0.1) is 0 Å². The van der Waals surface area contributed by atoms with E-state index in [9.17, 15) is 9.90 Å². The van der Waals surface area contributed by atoms with Gasteiger partial charge in [-0.25, -0.2) is 14.5 Å². The number of ether oxygens (including phenoxy) is 1. The third-order valence-corrected chi connectivity index (χ3v) is 5.94. The highest BCUT2D eigenvalue weighted by molar-refractivity contribution is 6.42. The molecule has 1 saturated heterocycles. The SMILES string of the molecule is CC(C)(C)OC(=O)N1C[C@@H](O)C[C@H]1c1nc(CC2CC2)nn1-c1ccc(Cl)c(Cl)c1. The number of aliphatic hydroxyl groups excluding tert-OH is 1. The predicted molar refractivity (Wildman–Crippen MR) is 114 cm³/mol. The first-order valence-electron chi connectivity index (χ1n) is 10.2. The third-order valence-electron chi connectivity index (χ3n) is 5.20. The van der Waals surface area contributed by atoms with Gasteiger partial charge in [-0.1, -0.05) is 23.2 Å². The second-order valence-electron chi connectivity index (χ2n) is 9.08. The molecule has 7 nitrogen and oxygen atoms in total. The van der Waals surface area contributed by atoms with Crippen LogP contribution >= 0.6 is 23.2 Å². The van der Waals surface area contributed by atoms with E-state index in [-0.39, 0.29) is 6.54 Å². The van der Waals surface area contributed by atoms with Crippen LogP contribution in [0, 0.1) is 5.92 Å². The lowest BCUT2D eigenvalue weighted by Gasteiger charge is -2.28. The zero-order valence-corrected chi connectivity index (χ0v) is 18.8. The number of carbonyl (C=O) groups is 1. The average Bonchev–Trinajstić information content (AvgIpc) is 3.21. The number of aromatic nitrogens is 3. The second-order valence-corrected chi connectivity index (χ2v) is 9.90. The number of nitrogens with zero attached hydrogens (tertiary/aromatic N) is 4. The molecule has 1 aliphatic heterocycles. The summed E-state index contributed by atoms with van der Waals surface area (Å²) in [5.41, 5.74) is 0.0726. The molecule has 2 heterocycles. The first kappa shape index (κ1) is 21.4. The van der Waals surface area contributed by atoms with Crippen molar-refractivity contribution in [3.63, 3.8) is 0 Å². The zero-order valence-electron chi connectivity index (χ0n) is 17.3. The van der Waals surface area contributed by atoms with Crippen molar-refractivity contribution in [2.75, 3.05) is 6.54 Å². The summed E-state index contributed by atoms with van der Waals surface area (Å²) in [6, 6.07) is 4.80. The quantitative estimate of drug-likeness (QED) is 0.734. The summed E-state index contributed by atoms with van der Waals surface area (Å²) in [5.74, 6) is 1.93. The monoisotopic (exact) mass is 452 g/mol. The first-order chi connectivity index (χ1) is 14.1. The fourth-order valence-corrected chi connectivity index (χ4v) is 3.93. The van der Waals surface area contributed by atoms with Gasteiger partial charge in [-0.3, -0.25) is 4.90 Å². The van der Waals surface area contributed by atoms with Crippen molar-refractivity contribution >= 4 is 29.3 Å². The molecular formula is C21H26Cl2N4O3. The molecule has 30 heavy (non-hydrogen) atoms. The predicted octanol–water partition coefficient (Wildman–Crippen LogP) is 4.57. The van der Waals surface area contributed by atoms with Gasteiger partial charge in [0.05, 0.1) is 34.4 Å². The van der Waals surface area contributed by atoms with E-state index in [4.69, 9.17) is 38.0 Å². The zero-order chi connectivity index (χ0) is 21.6. The Kier molecular flexibility index (Phi) is 5.72. The molecule has 0 unspecified atom stereocenters. The van der Waals surface area contributed by atoms with E-state index in [0.717, 1.165) is 12.2 Å². The molecule has 1 aliphatic carbocycles. The molecule has 1 amide bonds. The summed E-state index contributed by atoms with van der Waals surface area (Å²) in [5, 5.41) is 15.9. The van der Waals surface area contributed by atoms with Crippen LogP contribution in [0.25, 0.3) is 5.69 Å². The van der Waals surface area contributed by atoms with E-state index in [1.54, 1.807) is 16.8 Å². The van der Waals surface area contributed by atoms with Gasteiger partial charge in [0.25, 0.3) is 0 Å². The Morgan fingerprint density at radius 1 is 1.27 bits per heavy atom. The van der Waals surface area contributed by atoms with Crippen LogP contribution in [0.5, 0.6) is 0 Å².